The van der Waals surface area contributed by atoms with Gasteiger partial charge in [-0.3, -0.25) is 9.59 Å². The highest BCUT2D eigenvalue weighted by molar-refractivity contribution is 5.95. The summed E-state index contributed by atoms with van der Waals surface area (Å²) in [4.78, 5) is 23.6. The second-order valence-corrected chi connectivity index (χ2v) is 5.73. The summed E-state index contributed by atoms with van der Waals surface area (Å²) in [5.74, 6) is -0.640. The maximum Gasteiger partial charge on any atom is 0.308 e. The number of carboxylic acids is 1. The van der Waals surface area contributed by atoms with Crippen LogP contribution in [0.1, 0.15) is 41.6 Å². The van der Waals surface area contributed by atoms with Crippen LogP contribution in [0, 0.1) is 5.92 Å². The van der Waals surface area contributed by atoms with Gasteiger partial charge in [-0.25, -0.2) is 0 Å². The molecular weight excluding hydrogens is 270 g/mol. The Hall–Kier alpha value is -2.04. The first-order valence-electron chi connectivity index (χ1n) is 7.44. The molecule has 0 radical (unpaired) electrons. The number of carboxylic acid groups (broad SMARTS) is 1. The fourth-order valence-corrected chi connectivity index (χ4v) is 3.18. The summed E-state index contributed by atoms with van der Waals surface area (Å²) in [6.45, 7) is 0.657. The van der Waals surface area contributed by atoms with Gasteiger partial charge in [0.2, 0.25) is 0 Å². The van der Waals surface area contributed by atoms with Crippen LogP contribution >= 0.6 is 0 Å². The summed E-state index contributed by atoms with van der Waals surface area (Å²) in [5.41, 5.74) is 1.62. The molecule has 2 N–H and O–H groups in total. The normalized spacial score (nSPS) is 24.0. The van der Waals surface area contributed by atoms with Gasteiger partial charge in [-0.1, -0.05) is 12.8 Å². The van der Waals surface area contributed by atoms with Crippen LogP contribution in [0.15, 0.2) is 18.2 Å². The monoisotopic (exact) mass is 289 g/mol. The van der Waals surface area contributed by atoms with Crippen molar-refractivity contribution in [1.82, 2.24) is 5.32 Å². The molecule has 5 nitrogen and oxygen atoms in total. The number of aliphatic carboxylic acids is 1. The van der Waals surface area contributed by atoms with Gasteiger partial charge in [-0.05, 0) is 36.6 Å². The zero-order chi connectivity index (χ0) is 14.8. The molecule has 1 aromatic carbocycles. The molecular formula is C16H19NO4. The highest BCUT2D eigenvalue weighted by Gasteiger charge is 2.32. The molecule has 21 heavy (non-hydrogen) atoms. The second-order valence-electron chi connectivity index (χ2n) is 5.73. The third kappa shape index (κ3) is 2.86. The van der Waals surface area contributed by atoms with Crippen LogP contribution in [-0.2, 0) is 11.2 Å². The molecule has 0 spiro atoms. The van der Waals surface area contributed by atoms with Gasteiger partial charge < -0.3 is 15.2 Å². The molecule has 112 valence electrons. The summed E-state index contributed by atoms with van der Waals surface area (Å²) in [6, 6.07) is 5.12. The van der Waals surface area contributed by atoms with Crippen LogP contribution in [0.4, 0.5) is 0 Å². The molecule has 0 aromatic heterocycles. The average Bonchev–Trinajstić information content (AvgIpc) is 2.94. The third-order valence-electron chi connectivity index (χ3n) is 4.35. The van der Waals surface area contributed by atoms with E-state index in [4.69, 9.17) is 4.74 Å². The fourth-order valence-electron chi connectivity index (χ4n) is 3.18. The van der Waals surface area contributed by atoms with Crippen molar-refractivity contribution in [3.8, 4) is 5.75 Å². The number of ether oxygens (including phenoxy) is 1. The molecule has 2 unspecified atom stereocenters. The van der Waals surface area contributed by atoms with Crippen LogP contribution in [0.5, 0.6) is 5.75 Å². The summed E-state index contributed by atoms with van der Waals surface area (Å²) in [5, 5.41) is 12.1. The summed E-state index contributed by atoms with van der Waals surface area (Å²) < 4.78 is 5.42. The number of benzene rings is 1. The van der Waals surface area contributed by atoms with Gasteiger partial charge in [0, 0.05) is 18.0 Å². The molecule has 1 heterocycles. The second kappa shape index (κ2) is 5.76. The van der Waals surface area contributed by atoms with E-state index < -0.39 is 11.9 Å². The number of nitrogens with one attached hydrogen (secondary N) is 1. The molecule has 2 aliphatic rings. The molecule has 2 atom stereocenters. The first-order valence-corrected chi connectivity index (χ1v) is 7.44. The molecule has 1 aromatic rings. The largest absolute Gasteiger partial charge is 0.493 e. The topological polar surface area (TPSA) is 75.6 Å². The Morgan fingerprint density at radius 1 is 1.24 bits per heavy atom. The van der Waals surface area contributed by atoms with E-state index in [9.17, 15) is 14.7 Å². The number of hydrogen-bond donors (Lipinski definition) is 2. The van der Waals surface area contributed by atoms with E-state index in [1.54, 1.807) is 6.07 Å². The predicted octanol–water partition coefficient (Wildman–Crippen LogP) is 1.99. The number of rotatable bonds is 3. The Morgan fingerprint density at radius 2 is 2.05 bits per heavy atom. The minimum atomic E-state index is -0.817. The van der Waals surface area contributed by atoms with Gasteiger partial charge in [-0.2, -0.15) is 0 Å². The summed E-state index contributed by atoms with van der Waals surface area (Å²) in [6.07, 6.45) is 4.07. The van der Waals surface area contributed by atoms with Crippen LogP contribution in [0.3, 0.4) is 0 Å². The lowest BCUT2D eigenvalue weighted by Crippen LogP contribution is -2.45. The molecule has 0 saturated heterocycles. The predicted molar refractivity (Wildman–Crippen MR) is 76.5 cm³/mol. The van der Waals surface area contributed by atoms with Crippen molar-refractivity contribution in [2.45, 2.75) is 38.1 Å². The van der Waals surface area contributed by atoms with Gasteiger partial charge in [0.25, 0.3) is 5.91 Å². The molecule has 5 heteroatoms. The number of carbonyl (C=O) groups is 2. The van der Waals surface area contributed by atoms with Crippen LogP contribution in [0.2, 0.25) is 0 Å². The first kappa shape index (κ1) is 13.9. The molecule has 0 bridgehead atoms. The average molecular weight is 289 g/mol. The molecule has 1 aliphatic heterocycles. The zero-order valence-electron chi connectivity index (χ0n) is 11.8. The SMILES string of the molecule is O=C(NC1CCCCC1C(=O)O)c1ccc2c(c1)CCO2. The standard InChI is InChI=1S/C16H19NO4/c18-15(11-5-6-14-10(9-11)7-8-21-14)17-13-4-2-1-3-12(13)16(19)20/h5-6,9,12-13H,1-4,7-8H2,(H,17,18)(H,19,20). The minimum Gasteiger partial charge on any atom is -0.493 e. The Labute approximate surface area is 123 Å². The highest BCUT2D eigenvalue weighted by Crippen LogP contribution is 2.27. The first-order chi connectivity index (χ1) is 10.1. The van der Waals surface area contributed by atoms with E-state index in [1.807, 2.05) is 12.1 Å². The molecule has 1 aliphatic carbocycles. The molecule has 3 rings (SSSR count). The van der Waals surface area contributed by atoms with Gasteiger partial charge in [0.05, 0.1) is 12.5 Å². The number of fused-ring (bicyclic) bond motifs is 1. The van der Waals surface area contributed by atoms with Crippen molar-refractivity contribution in [2.75, 3.05) is 6.61 Å². The number of carbonyl (C=O) groups excluding carboxylic acids is 1. The molecule has 1 fully saturated rings. The fraction of sp³-hybridized carbons (Fsp3) is 0.500. The van der Waals surface area contributed by atoms with E-state index in [2.05, 4.69) is 5.32 Å². The van der Waals surface area contributed by atoms with Crippen molar-refractivity contribution >= 4 is 11.9 Å². The van der Waals surface area contributed by atoms with Crippen molar-refractivity contribution in [3.05, 3.63) is 29.3 Å². The van der Waals surface area contributed by atoms with Gasteiger partial charge in [-0.15, -0.1) is 0 Å². The van der Waals surface area contributed by atoms with Gasteiger partial charge in [0.15, 0.2) is 0 Å². The van der Waals surface area contributed by atoms with Crippen LogP contribution in [0.25, 0.3) is 0 Å². The lowest BCUT2D eigenvalue weighted by atomic mass is 9.84. The summed E-state index contributed by atoms with van der Waals surface area (Å²) in [7, 11) is 0. The minimum absolute atomic E-state index is 0.192. The quantitative estimate of drug-likeness (QED) is 0.892. The van der Waals surface area contributed by atoms with E-state index in [0.29, 0.717) is 18.6 Å². The van der Waals surface area contributed by atoms with Crippen LogP contribution in [-0.4, -0.2) is 29.6 Å². The number of hydrogen-bond acceptors (Lipinski definition) is 3. The molecule has 1 amide bonds. The maximum atomic E-state index is 12.3. The van der Waals surface area contributed by atoms with Gasteiger partial charge in [0.1, 0.15) is 5.75 Å². The number of amides is 1. The van der Waals surface area contributed by atoms with Crippen molar-refractivity contribution < 1.29 is 19.4 Å². The van der Waals surface area contributed by atoms with Crippen molar-refractivity contribution in [1.29, 1.82) is 0 Å². The van der Waals surface area contributed by atoms with Crippen molar-refractivity contribution in [2.24, 2.45) is 5.92 Å². The van der Waals surface area contributed by atoms with Crippen LogP contribution < -0.4 is 10.1 Å². The Morgan fingerprint density at radius 3 is 2.86 bits per heavy atom. The Bertz CT molecular complexity index is 569. The Balaban J connectivity index is 1.72. The van der Waals surface area contributed by atoms with Gasteiger partial charge >= 0.3 is 5.97 Å². The van der Waals surface area contributed by atoms with Crippen molar-refractivity contribution in [3.63, 3.8) is 0 Å². The maximum absolute atomic E-state index is 12.3. The lowest BCUT2D eigenvalue weighted by molar-refractivity contribution is -0.143. The third-order valence-corrected chi connectivity index (χ3v) is 4.35. The highest BCUT2D eigenvalue weighted by atomic mass is 16.5. The summed E-state index contributed by atoms with van der Waals surface area (Å²) >= 11 is 0. The van der Waals surface area contributed by atoms with E-state index >= 15 is 0 Å². The smallest absolute Gasteiger partial charge is 0.308 e. The Kier molecular flexibility index (Phi) is 3.82. The van der Waals surface area contributed by atoms with E-state index in [-0.39, 0.29) is 11.9 Å². The molecule has 1 saturated carbocycles. The zero-order valence-corrected chi connectivity index (χ0v) is 11.8. The van der Waals surface area contributed by atoms with E-state index in [0.717, 1.165) is 37.0 Å². The lowest BCUT2D eigenvalue weighted by Gasteiger charge is -2.29. The van der Waals surface area contributed by atoms with E-state index in [1.165, 1.54) is 0 Å².